The Morgan fingerprint density at radius 3 is 2.65 bits per heavy atom. The van der Waals surface area contributed by atoms with Crippen LogP contribution >= 0.6 is 0 Å². The molecule has 1 rings (SSSR count). The lowest BCUT2D eigenvalue weighted by atomic mass is 10.4. The largest absolute Gasteiger partial charge is 0.465 e. The molecular weight excluding hydrogens is 264 g/mol. The van der Waals surface area contributed by atoms with Gasteiger partial charge >= 0.3 is 5.97 Å². The van der Waals surface area contributed by atoms with Crippen LogP contribution in [0.25, 0.3) is 0 Å². The number of aromatic amines is 1. The topological polar surface area (TPSA) is 97.4 Å². The van der Waals surface area contributed by atoms with Crippen molar-refractivity contribution in [3.05, 3.63) is 11.6 Å². The number of methoxy groups -OCH3 is 1. The molecule has 0 saturated heterocycles. The quantitative estimate of drug-likeness (QED) is 0.676. The molecule has 0 unspecified atom stereocenters. The van der Waals surface area contributed by atoms with Crippen LogP contribution in [0.5, 0.6) is 0 Å². The number of hydrogen-bond donors (Lipinski definition) is 1. The molecule has 0 spiro atoms. The standard InChI is InChI=1S/C12H20N4O4/c1-4-9-13-11(15-14-9)12(18)16(6-7-19-3)8-10(17)20-5-2/h4-8H2,1-3H3,(H,13,14,15). The van der Waals surface area contributed by atoms with Crippen LogP contribution in [0.15, 0.2) is 0 Å². The van der Waals surface area contributed by atoms with Crippen LogP contribution in [0.1, 0.15) is 30.3 Å². The third-order valence-electron chi connectivity index (χ3n) is 2.54. The van der Waals surface area contributed by atoms with Crippen LogP contribution in [0.4, 0.5) is 0 Å². The van der Waals surface area contributed by atoms with Gasteiger partial charge in [0, 0.05) is 20.1 Å². The zero-order chi connectivity index (χ0) is 15.0. The van der Waals surface area contributed by atoms with Crippen molar-refractivity contribution in [1.82, 2.24) is 20.1 Å². The van der Waals surface area contributed by atoms with Gasteiger partial charge in [-0.05, 0) is 6.92 Å². The Bertz CT molecular complexity index is 446. The highest BCUT2D eigenvalue weighted by atomic mass is 16.5. The van der Waals surface area contributed by atoms with Gasteiger partial charge in [0.15, 0.2) is 0 Å². The Kier molecular flexibility index (Phi) is 6.65. The summed E-state index contributed by atoms with van der Waals surface area (Å²) in [4.78, 5) is 29.1. The van der Waals surface area contributed by atoms with Crippen LogP contribution in [-0.2, 0) is 20.7 Å². The van der Waals surface area contributed by atoms with Crippen LogP contribution in [-0.4, -0.2) is 65.4 Å². The second-order valence-electron chi connectivity index (χ2n) is 3.98. The first-order valence-electron chi connectivity index (χ1n) is 6.47. The molecule has 112 valence electrons. The number of hydrogen-bond acceptors (Lipinski definition) is 6. The minimum atomic E-state index is -0.469. The zero-order valence-corrected chi connectivity index (χ0v) is 12.0. The van der Waals surface area contributed by atoms with E-state index in [9.17, 15) is 9.59 Å². The Morgan fingerprint density at radius 2 is 2.10 bits per heavy atom. The van der Waals surface area contributed by atoms with E-state index >= 15 is 0 Å². The average Bonchev–Trinajstić information content (AvgIpc) is 2.91. The van der Waals surface area contributed by atoms with Gasteiger partial charge in [-0.15, -0.1) is 5.10 Å². The van der Waals surface area contributed by atoms with Crippen LogP contribution in [0, 0.1) is 0 Å². The maximum atomic E-state index is 12.2. The predicted molar refractivity (Wildman–Crippen MR) is 70.2 cm³/mol. The molecule has 0 radical (unpaired) electrons. The number of H-pyrrole nitrogens is 1. The Labute approximate surface area is 117 Å². The summed E-state index contributed by atoms with van der Waals surface area (Å²) >= 11 is 0. The lowest BCUT2D eigenvalue weighted by molar-refractivity contribution is -0.143. The first-order valence-corrected chi connectivity index (χ1v) is 6.47. The van der Waals surface area contributed by atoms with Crippen molar-refractivity contribution in [3.63, 3.8) is 0 Å². The van der Waals surface area contributed by atoms with Gasteiger partial charge < -0.3 is 14.4 Å². The fraction of sp³-hybridized carbons (Fsp3) is 0.667. The molecule has 0 fully saturated rings. The van der Waals surface area contributed by atoms with Crippen molar-refractivity contribution >= 4 is 11.9 Å². The van der Waals surface area contributed by atoms with Gasteiger partial charge in [0.25, 0.3) is 5.91 Å². The highest BCUT2D eigenvalue weighted by Gasteiger charge is 2.22. The number of aromatic nitrogens is 3. The number of carbonyl (C=O) groups excluding carboxylic acids is 2. The van der Waals surface area contributed by atoms with Crippen molar-refractivity contribution in [3.8, 4) is 0 Å². The molecule has 20 heavy (non-hydrogen) atoms. The van der Waals surface area contributed by atoms with E-state index in [0.29, 0.717) is 18.9 Å². The summed E-state index contributed by atoms with van der Waals surface area (Å²) in [6, 6.07) is 0. The summed E-state index contributed by atoms with van der Waals surface area (Å²) in [6.45, 7) is 4.32. The molecular formula is C12H20N4O4. The van der Waals surface area contributed by atoms with Gasteiger partial charge in [-0.2, -0.15) is 0 Å². The van der Waals surface area contributed by atoms with Crippen LogP contribution < -0.4 is 0 Å². The van der Waals surface area contributed by atoms with Gasteiger partial charge in [-0.25, -0.2) is 4.98 Å². The van der Waals surface area contributed by atoms with Gasteiger partial charge in [-0.3, -0.25) is 14.7 Å². The van der Waals surface area contributed by atoms with E-state index in [0.717, 1.165) is 0 Å². The molecule has 8 heteroatoms. The number of aryl methyl sites for hydroxylation is 1. The fourth-order valence-electron chi connectivity index (χ4n) is 1.51. The van der Waals surface area contributed by atoms with Crippen LogP contribution in [0.3, 0.4) is 0 Å². The summed E-state index contributed by atoms with van der Waals surface area (Å²) in [6.07, 6.45) is 0.649. The van der Waals surface area contributed by atoms with E-state index in [1.807, 2.05) is 6.92 Å². The predicted octanol–water partition coefficient (Wildman–Crippen LogP) is 0.0188. The molecule has 0 aromatic carbocycles. The number of nitrogens with one attached hydrogen (secondary N) is 1. The molecule has 0 bridgehead atoms. The smallest absolute Gasteiger partial charge is 0.325 e. The van der Waals surface area contributed by atoms with Crippen molar-refractivity contribution in [2.45, 2.75) is 20.3 Å². The number of amides is 1. The Balaban J connectivity index is 2.74. The van der Waals surface area contributed by atoms with E-state index in [1.54, 1.807) is 6.92 Å². The Morgan fingerprint density at radius 1 is 1.35 bits per heavy atom. The molecule has 1 N–H and O–H groups in total. The first-order chi connectivity index (χ1) is 9.62. The minimum Gasteiger partial charge on any atom is -0.465 e. The van der Waals surface area contributed by atoms with Crippen molar-refractivity contribution in [2.24, 2.45) is 0 Å². The van der Waals surface area contributed by atoms with Gasteiger partial charge in [0.05, 0.1) is 13.2 Å². The number of rotatable bonds is 8. The third-order valence-corrected chi connectivity index (χ3v) is 2.54. The molecule has 1 aromatic heterocycles. The van der Waals surface area contributed by atoms with Crippen molar-refractivity contribution < 1.29 is 19.1 Å². The second-order valence-corrected chi connectivity index (χ2v) is 3.98. The number of carbonyl (C=O) groups is 2. The highest BCUT2D eigenvalue weighted by molar-refractivity contribution is 5.92. The summed E-state index contributed by atoms with van der Waals surface area (Å²) in [5.74, 6) is -0.229. The molecule has 0 saturated carbocycles. The van der Waals surface area contributed by atoms with E-state index in [-0.39, 0.29) is 25.5 Å². The summed E-state index contributed by atoms with van der Waals surface area (Å²) in [5, 5.41) is 6.52. The lowest BCUT2D eigenvalue weighted by Gasteiger charge is -2.19. The maximum absolute atomic E-state index is 12.2. The fourth-order valence-corrected chi connectivity index (χ4v) is 1.51. The molecule has 0 atom stereocenters. The van der Waals surface area contributed by atoms with E-state index in [1.165, 1.54) is 12.0 Å². The first kappa shape index (κ1) is 16.1. The van der Waals surface area contributed by atoms with E-state index < -0.39 is 11.9 Å². The minimum absolute atomic E-state index is 0.0438. The number of nitrogens with zero attached hydrogens (tertiary/aromatic N) is 3. The molecule has 0 aliphatic carbocycles. The number of esters is 1. The summed E-state index contributed by atoms with van der Waals surface area (Å²) in [5.41, 5.74) is 0. The van der Waals surface area contributed by atoms with E-state index in [2.05, 4.69) is 15.2 Å². The third kappa shape index (κ3) is 4.61. The Hall–Kier alpha value is -1.96. The second kappa shape index (κ2) is 8.26. The SMILES string of the molecule is CCOC(=O)CN(CCOC)C(=O)c1n[nH]c(CC)n1. The highest BCUT2D eigenvalue weighted by Crippen LogP contribution is 2.01. The maximum Gasteiger partial charge on any atom is 0.325 e. The lowest BCUT2D eigenvalue weighted by Crippen LogP contribution is -2.39. The molecule has 1 aromatic rings. The van der Waals surface area contributed by atoms with Crippen LogP contribution in [0.2, 0.25) is 0 Å². The van der Waals surface area contributed by atoms with Gasteiger partial charge in [-0.1, -0.05) is 6.92 Å². The normalized spacial score (nSPS) is 10.3. The summed E-state index contributed by atoms with van der Waals surface area (Å²) < 4.78 is 9.77. The molecule has 8 nitrogen and oxygen atoms in total. The molecule has 0 aliphatic rings. The summed E-state index contributed by atoms with van der Waals surface area (Å²) in [7, 11) is 1.52. The molecule has 1 amide bonds. The van der Waals surface area contributed by atoms with E-state index in [4.69, 9.17) is 9.47 Å². The van der Waals surface area contributed by atoms with Crippen molar-refractivity contribution in [2.75, 3.05) is 33.4 Å². The van der Waals surface area contributed by atoms with Crippen molar-refractivity contribution in [1.29, 1.82) is 0 Å². The average molecular weight is 284 g/mol. The van der Waals surface area contributed by atoms with Gasteiger partial charge in [0.1, 0.15) is 12.4 Å². The van der Waals surface area contributed by atoms with Gasteiger partial charge in [0.2, 0.25) is 5.82 Å². The number of ether oxygens (including phenoxy) is 2. The monoisotopic (exact) mass is 284 g/mol. The molecule has 1 heterocycles. The zero-order valence-electron chi connectivity index (χ0n) is 12.0. The molecule has 0 aliphatic heterocycles.